The second-order valence-corrected chi connectivity index (χ2v) is 7.81. The van der Waals surface area contributed by atoms with Gasteiger partial charge in [0, 0.05) is 12.1 Å². The number of ether oxygens (including phenoxy) is 2. The van der Waals surface area contributed by atoms with E-state index < -0.39 is 17.7 Å². The van der Waals surface area contributed by atoms with E-state index in [1.54, 1.807) is 55.7 Å². The molecule has 0 bridgehead atoms. The molecule has 0 radical (unpaired) electrons. The molecule has 0 saturated carbocycles. The highest BCUT2D eigenvalue weighted by atomic mass is 16.5. The number of rotatable bonds is 8. The van der Waals surface area contributed by atoms with Gasteiger partial charge in [0.1, 0.15) is 23.9 Å². The predicted molar refractivity (Wildman–Crippen MR) is 129 cm³/mol. The number of aliphatic hydroxyl groups excluding tert-OH is 1. The first kappa shape index (κ1) is 22.9. The van der Waals surface area contributed by atoms with Gasteiger partial charge in [-0.2, -0.15) is 0 Å². The topological polar surface area (TPSA) is 76.1 Å². The van der Waals surface area contributed by atoms with E-state index in [9.17, 15) is 14.7 Å². The average Bonchev–Trinajstić information content (AvgIpc) is 3.13. The molecular formula is C28H25NO5. The van der Waals surface area contributed by atoms with E-state index in [0.717, 1.165) is 5.56 Å². The Kier molecular flexibility index (Phi) is 6.78. The number of hydrogen-bond donors (Lipinski definition) is 1. The summed E-state index contributed by atoms with van der Waals surface area (Å²) in [4.78, 5) is 27.9. The van der Waals surface area contributed by atoms with Crippen molar-refractivity contribution in [3.8, 4) is 11.5 Å². The van der Waals surface area contributed by atoms with Crippen LogP contribution in [0.1, 0.15) is 22.7 Å². The second-order valence-electron chi connectivity index (χ2n) is 7.81. The molecule has 1 amide bonds. The number of aliphatic hydroxyl groups is 1. The zero-order valence-electron chi connectivity index (χ0n) is 18.8. The van der Waals surface area contributed by atoms with E-state index in [1.165, 1.54) is 4.90 Å². The monoisotopic (exact) mass is 455 g/mol. The van der Waals surface area contributed by atoms with Gasteiger partial charge in [0.2, 0.25) is 0 Å². The molecule has 0 spiro atoms. The zero-order chi connectivity index (χ0) is 24.1. The van der Waals surface area contributed by atoms with Crippen molar-refractivity contribution in [3.05, 3.63) is 114 Å². The lowest BCUT2D eigenvalue weighted by molar-refractivity contribution is -0.140. The SMILES string of the molecule is C=CCOc1cccc(C2/C(=C(\O)c3ccc(OC)cc3)C(=O)C(=O)N2Cc2ccccc2)c1. The fourth-order valence-corrected chi connectivity index (χ4v) is 4.00. The maximum absolute atomic E-state index is 13.2. The van der Waals surface area contributed by atoms with Gasteiger partial charge < -0.3 is 19.5 Å². The van der Waals surface area contributed by atoms with Gasteiger partial charge in [-0.25, -0.2) is 0 Å². The van der Waals surface area contributed by atoms with Gasteiger partial charge in [0.15, 0.2) is 0 Å². The number of hydrogen-bond acceptors (Lipinski definition) is 5. The minimum Gasteiger partial charge on any atom is -0.507 e. The molecule has 1 fully saturated rings. The third-order valence-electron chi connectivity index (χ3n) is 5.64. The number of ketones is 1. The molecule has 1 unspecified atom stereocenters. The van der Waals surface area contributed by atoms with Crippen molar-refractivity contribution < 1.29 is 24.2 Å². The Balaban J connectivity index is 1.83. The first-order chi connectivity index (χ1) is 16.5. The summed E-state index contributed by atoms with van der Waals surface area (Å²) >= 11 is 0. The molecule has 3 aromatic rings. The molecule has 0 aromatic heterocycles. The van der Waals surface area contributed by atoms with Crippen LogP contribution >= 0.6 is 0 Å². The molecule has 1 heterocycles. The highest BCUT2D eigenvalue weighted by Gasteiger charge is 2.46. The summed E-state index contributed by atoms with van der Waals surface area (Å²) in [5.41, 5.74) is 1.99. The second kappa shape index (κ2) is 10.1. The third kappa shape index (κ3) is 4.57. The lowest BCUT2D eigenvalue weighted by Crippen LogP contribution is -2.29. The quantitative estimate of drug-likeness (QED) is 0.227. The largest absolute Gasteiger partial charge is 0.507 e. The minimum absolute atomic E-state index is 0.0342. The van der Waals surface area contributed by atoms with Crippen LogP contribution in [-0.2, 0) is 16.1 Å². The van der Waals surface area contributed by atoms with Crippen molar-refractivity contribution in [2.45, 2.75) is 12.6 Å². The highest BCUT2D eigenvalue weighted by Crippen LogP contribution is 2.41. The van der Waals surface area contributed by atoms with E-state index in [4.69, 9.17) is 9.47 Å². The summed E-state index contributed by atoms with van der Waals surface area (Å²) in [7, 11) is 1.55. The van der Waals surface area contributed by atoms with Gasteiger partial charge in [-0.3, -0.25) is 9.59 Å². The summed E-state index contributed by atoms with van der Waals surface area (Å²) in [5, 5.41) is 11.2. The Hall–Kier alpha value is -4.32. The van der Waals surface area contributed by atoms with E-state index in [2.05, 4.69) is 6.58 Å². The molecule has 6 heteroatoms. The van der Waals surface area contributed by atoms with E-state index in [-0.39, 0.29) is 17.9 Å². The van der Waals surface area contributed by atoms with Gasteiger partial charge in [0.25, 0.3) is 11.7 Å². The van der Waals surface area contributed by atoms with Crippen LogP contribution in [0.2, 0.25) is 0 Å². The lowest BCUT2D eigenvalue weighted by atomic mass is 9.95. The predicted octanol–water partition coefficient (Wildman–Crippen LogP) is 4.88. The molecule has 1 aliphatic heterocycles. The van der Waals surface area contributed by atoms with Gasteiger partial charge in [-0.1, -0.05) is 55.1 Å². The molecule has 1 N–H and O–H groups in total. The van der Waals surface area contributed by atoms with Gasteiger partial charge in [0.05, 0.1) is 18.7 Å². The van der Waals surface area contributed by atoms with Gasteiger partial charge >= 0.3 is 0 Å². The first-order valence-corrected chi connectivity index (χ1v) is 10.8. The van der Waals surface area contributed by atoms with Crippen LogP contribution in [0.4, 0.5) is 0 Å². The maximum atomic E-state index is 13.2. The Morgan fingerprint density at radius 3 is 2.41 bits per heavy atom. The molecule has 0 aliphatic carbocycles. The lowest BCUT2D eigenvalue weighted by Gasteiger charge is -2.26. The number of carbonyl (C=O) groups is 2. The maximum Gasteiger partial charge on any atom is 0.295 e. The third-order valence-corrected chi connectivity index (χ3v) is 5.64. The van der Waals surface area contributed by atoms with Crippen LogP contribution in [0, 0.1) is 0 Å². The molecule has 1 aliphatic rings. The Morgan fingerprint density at radius 2 is 1.74 bits per heavy atom. The summed E-state index contributed by atoms with van der Waals surface area (Å²) in [5.74, 6) is -0.441. The molecule has 34 heavy (non-hydrogen) atoms. The Labute approximate surface area is 198 Å². The number of methoxy groups -OCH3 is 1. The Morgan fingerprint density at radius 1 is 1.00 bits per heavy atom. The number of amides is 1. The van der Waals surface area contributed by atoms with Crippen molar-refractivity contribution in [1.82, 2.24) is 4.90 Å². The first-order valence-electron chi connectivity index (χ1n) is 10.8. The molecular weight excluding hydrogens is 430 g/mol. The van der Waals surface area contributed by atoms with Crippen LogP contribution in [0.25, 0.3) is 5.76 Å². The van der Waals surface area contributed by atoms with Gasteiger partial charge in [-0.15, -0.1) is 0 Å². The van der Waals surface area contributed by atoms with Crippen LogP contribution in [0.15, 0.2) is 97.1 Å². The zero-order valence-corrected chi connectivity index (χ0v) is 18.8. The standard InChI is InChI=1S/C28H25NO5/c1-3-16-34-23-11-7-10-21(17-23)25-24(26(30)20-12-14-22(33-2)15-13-20)27(31)28(32)29(25)18-19-8-5-4-6-9-19/h3-15,17,25,30H,1,16,18H2,2H3/b26-24+. The van der Waals surface area contributed by atoms with Gasteiger partial charge in [-0.05, 0) is 47.5 Å². The van der Waals surface area contributed by atoms with E-state index in [0.29, 0.717) is 29.2 Å². The van der Waals surface area contributed by atoms with Crippen LogP contribution in [0.5, 0.6) is 11.5 Å². The number of carbonyl (C=O) groups excluding carboxylic acids is 2. The van der Waals surface area contributed by atoms with E-state index >= 15 is 0 Å². The van der Waals surface area contributed by atoms with Crippen molar-refractivity contribution in [3.63, 3.8) is 0 Å². The molecule has 1 atom stereocenters. The summed E-state index contributed by atoms with van der Waals surface area (Å²) in [6, 6.07) is 22.5. The average molecular weight is 456 g/mol. The fourth-order valence-electron chi connectivity index (χ4n) is 4.00. The van der Waals surface area contributed by atoms with Crippen LogP contribution < -0.4 is 9.47 Å². The highest BCUT2D eigenvalue weighted by molar-refractivity contribution is 6.46. The minimum atomic E-state index is -0.783. The van der Waals surface area contributed by atoms with Crippen molar-refractivity contribution in [1.29, 1.82) is 0 Å². The number of likely N-dealkylation sites (tertiary alicyclic amines) is 1. The summed E-state index contributed by atoms with van der Waals surface area (Å²) in [6.45, 7) is 4.20. The van der Waals surface area contributed by atoms with Crippen LogP contribution in [-0.4, -0.2) is 35.4 Å². The number of Topliss-reactive ketones (excluding diaryl/α,β-unsaturated/α-hetero) is 1. The Bertz CT molecular complexity index is 1230. The molecule has 4 rings (SSSR count). The fraction of sp³-hybridized carbons (Fsp3) is 0.143. The van der Waals surface area contributed by atoms with E-state index in [1.807, 2.05) is 36.4 Å². The van der Waals surface area contributed by atoms with Crippen molar-refractivity contribution >= 4 is 17.4 Å². The number of nitrogens with zero attached hydrogens (tertiary/aromatic N) is 1. The van der Waals surface area contributed by atoms with Crippen molar-refractivity contribution in [2.24, 2.45) is 0 Å². The summed E-state index contributed by atoms with van der Waals surface area (Å²) in [6.07, 6.45) is 1.64. The number of benzene rings is 3. The smallest absolute Gasteiger partial charge is 0.295 e. The molecule has 1 saturated heterocycles. The molecule has 172 valence electrons. The molecule has 3 aromatic carbocycles. The van der Waals surface area contributed by atoms with Crippen LogP contribution in [0.3, 0.4) is 0 Å². The van der Waals surface area contributed by atoms with Crippen molar-refractivity contribution in [2.75, 3.05) is 13.7 Å². The normalized spacial score (nSPS) is 17.0. The summed E-state index contributed by atoms with van der Waals surface area (Å²) < 4.78 is 10.9. The molecule has 6 nitrogen and oxygen atoms in total.